The van der Waals surface area contributed by atoms with E-state index in [-0.39, 0.29) is 0 Å². The molecule has 0 aromatic carbocycles. The lowest BCUT2D eigenvalue weighted by Crippen LogP contribution is -2.06. The SMILES string of the molecule is CCCNc1cc(C(C)C)nc(-c2cnn(CCC)c2)n1. The quantitative estimate of drug-likeness (QED) is 0.843. The summed E-state index contributed by atoms with van der Waals surface area (Å²) in [6.45, 7) is 10.4. The third-order valence-corrected chi connectivity index (χ3v) is 3.24. The van der Waals surface area contributed by atoms with Gasteiger partial charge in [0.1, 0.15) is 5.82 Å². The second-order valence-electron chi connectivity index (χ2n) is 5.58. The van der Waals surface area contributed by atoms with Gasteiger partial charge in [-0.2, -0.15) is 5.10 Å². The van der Waals surface area contributed by atoms with Gasteiger partial charge in [-0.3, -0.25) is 4.68 Å². The van der Waals surface area contributed by atoms with Crippen molar-refractivity contribution in [2.45, 2.75) is 53.0 Å². The average molecular weight is 287 g/mol. The van der Waals surface area contributed by atoms with Gasteiger partial charge in [0.15, 0.2) is 5.82 Å². The highest BCUT2D eigenvalue weighted by Gasteiger charge is 2.11. The predicted octanol–water partition coefficient (Wildman–Crippen LogP) is 3.70. The lowest BCUT2D eigenvalue weighted by Gasteiger charge is -2.10. The van der Waals surface area contributed by atoms with Crippen LogP contribution in [0.15, 0.2) is 18.5 Å². The van der Waals surface area contributed by atoms with E-state index in [0.717, 1.165) is 48.8 Å². The van der Waals surface area contributed by atoms with Crippen LogP contribution >= 0.6 is 0 Å². The van der Waals surface area contributed by atoms with E-state index in [1.54, 1.807) is 0 Å². The largest absolute Gasteiger partial charge is 0.370 e. The van der Waals surface area contributed by atoms with Gasteiger partial charge in [-0.1, -0.05) is 27.7 Å². The maximum Gasteiger partial charge on any atom is 0.164 e. The number of anilines is 1. The van der Waals surface area contributed by atoms with Crippen LogP contribution in [0.1, 0.15) is 52.1 Å². The van der Waals surface area contributed by atoms with Crippen LogP contribution in [0.2, 0.25) is 0 Å². The van der Waals surface area contributed by atoms with Crippen LogP contribution in [0.25, 0.3) is 11.4 Å². The van der Waals surface area contributed by atoms with E-state index in [9.17, 15) is 0 Å². The Hall–Kier alpha value is -1.91. The Kier molecular flexibility index (Phi) is 5.31. The van der Waals surface area contributed by atoms with Crippen molar-refractivity contribution >= 4 is 5.82 Å². The molecule has 2 rings (SSSR count). The summed E-state index contributed by atoms with van der Waals surface area (Å²) in [5.74, 6) is 2.02. The standard InChI is InChI=1S/C16H25N5/c1-5-7-17-15-9-14(12(3)4)19-16(20-15)13-10-18-21(11-13)8-6-2/h9-12H,5-8H2,1-4H3,(H,17,19,20). The number of rotatable bonds is 7. The molecule has 0 atom stereocenters. The maximum atomic E-state index is 4.68. The molecule has 114 valence electrons. The van der Waals surface area contributed by atoms with Crippen molar-refractivity contribution in [1.82, 2.24) is 19.7 Å². The summed E-state index contributed by atoms with van der Waals surface area (Å²) in [6.07, 6.45) is 6.01. The van der Waals surface area contributed by atoms with Crippen LogP contribution in [-0.2, 0) is 6.54 Å². The van der Waals surface area contributed by atoms with Crippen LogP contribution < -0.4 is 5.32 Å². The third-order valence-electron chi connectivity index (χ3n) is 3.24. The van der Waals surface area contributed by atoms with Crippen LogP contribution in [-0.4, -0.2) is 26.3 Å². The normalized spacial score (nSPS) is 11.1. The minimum Gasteiger partial charge on any atom is -0.370 e. The minimum absolute atomic E-state index is 0.375. The summed E-state index contributed by atoms with van der Waals surface area (Å²) >= 11 is 0. The number of hydrogen-bond donors (Lipinski definition) is 1. The van der Waals surface area contributed by atoms with Gasteiger partial charge in [0.05, 0.1) is 11.8 Å². The van der Waals surface area contributed by atoms with Crippen molar-refractivity contribution in [3.8, 4) is 11.4 Å². The highest BCUT2D eigenvalue weighted by Crippen LogP contribution is 2.21. The van der Waals surface area contributed by atoms with E-state index >= 15 is 0 Å². The molecule has 2 aromatic rings. The second kappa shape index (κ2) is 7.20. The molecule has 5 heteroatoms. The first-order valence-electron chi connectivity index (χ1n) is 7.79. The van der Waals surface area contributed by atoms with Crippen molar-refractivity contribution in [3.63, 3.8) is 0 Å². The zero-order chi connectivity index (χ0) is 15.2. The van der Waals surface area contributed by atoms with Gasteiger partial charge in [0.2, 0.25) is 0 Å². The Labute approximate surface area is 126 Å². The Morgan fingerprint density at radius 3 is 2.67 bits per heavy atom. The zero-order valence-electron chi connectivity index (χ0n) is 13.4. The Balaban J connectivity index is 2.33. The summed E-state index contributed by atoms with van der Waals surface area (Å²) < 4.78 is 1.94. The highest BCUT2D eigenvalue weighted by atomic mass is 15.3. The van der Waals surface area contributed by atoms with Gasteiger partial charge >= 0.3 is 0 Å². The molecular formula is C16H25N5. The topological polar surface area (TPSA) is 55.6 Å². The van der Waals surface area contributed by atoms with Crippen LogP contribution in [0.3, 0.4) is 0 Å². The van der Waals surface area contributed by atoms with Crippen molar-refractivity contribution in [1.29, 1.82) is 0 Å². The molecular weight excluding hydrogens is 262 g/mol. The molecule has 0 aliphatic rings. The lowest BCUT2D eigenvalue weighted by atomic mass is 10.1. The fraction of sp³-hybridized carbons (Fsp3) is 0.562. The number of aromatic nitrogens is 4. The summed E-state index contributed by atoms with van der Waals surface area (Å²) in [6, 6.07) is 2.04. The van der Waals surface area contributed by atoms with Crippen molar-refractivity contribution in [2.24, 2.45) is 0 Å². The van der Waals surface area contributed by atoms with Gasteiger partial charge in [-0.25, -0.2) is 9.97 Å². The molecule has 2 heterocycles. The number of nitrogens with one attached hydrogen (secondary N) is 1. The third kappa shape index (κ3) is 4.03. The van der Waals surface area contributed by atoms with E-state index in [0.29, 0.717) is 5.92 Å². The summed E-state index contributed by atoms with van der Waals surface area (Å²) in [5.41, 5.74) is 2.03. The molecule has 21 heavy (non-hydrogen) atoms. The molecule has 0 fully saturated rings. The number of hydrogen-bond acceptors (Lipinski definition) is 4. The molecule has 0 aliphatic heterocycles. The Morgan fingerprint density at radius 2 is 2.00 bits per heavy atom. The Bertz CT molecular complexity index is 574. The molecule has 5 nitrogen and oxygen atoms in total. The molecule has 0 spiro atoms. The smallest absolute Gasteiger partial charge is 0.164 e. The first-order valence-corrected chi connectivity index (χ1v) is 7.79. The van der Waals surface area contributed by atoms with E-state index < -0.39 is 0 Å². The summed E-state index contributed by atoms with van der Waals surface area (Å²) in [5, 5.41) is 7.72. The number of nitrogens with zero attached hydrogens (tertiary/aromatic N) is 4. The van der Waals surface area contributed by atoms with Gasteiger partial charge < -0.3 is 5.32 Å². The zero-order valence-corrected chi connectivity index (χ0v) is 13.4. The van der Waals surface area contributed by atoms with Crippen LogP contribution in [0, 0.1) is 0 Å². The minimum atomic E-state index is 0.375. The summed E-state index contributed by atoms with van der Waals surface area (Å²) in [4.78, 5) is 9.30. The lowest BCUT2D eigenvalue weighted by molar-refractivity contribution is 0.603. The van der Waals surface area contributed by atoms with E-state index in [2.05, 4.69) is 48.1 Å². The van der Waals surface area contributed by atoms with Crippen LogP contribution in [0.5, 0.6) is 0 Å². The van der Waals surface area contributed by atoms with E-state index in [4.69, 9.17) is 0 Å². The highest BCUT2D eigenvalue weighted by molar-refractivity contribution is 5.55. The van der Waals surface area contributed by atoms with Gasteiger partial charge in [-0.05, 0) is 18.8 Å². The fourth-order valence-electron chi connectivity index (χ4n) is 2.06. The van der Waals surface area contributed by atoms with Crippen molar-refractivity contribution in [2.75, 3.05) is 11.9 Å². The molecule has 0 saturated carbocycles. The molecule has 0 radical (unpaired) electrons. The molecule has 0 bridgehead atoms. The maximum absolute atomic E-state index is 4.68. The average Bonchev–Trinajstić information content (AvgIpc) is 2.94. The van der Waals surface area contributed by atoms with Gasteiger partial charge in [-0.15, -0.1) is 0 Å². The van der Waals surface area contributed by atoms with Gasteiger partial charge in [0.25, 0.3) is 0 Å². The molecule has 1 N–H and O–H groups in total. The summed E-state index contributed by atoms with van der Waals surface area (Å²) in [7, 11) is 0. The molecule has 0 unspecified atom stereocenters. The van der Waals surface area contributed by atoms with Crippen molar-refractivity contribution in [3.05, 3.63) is 24.2 Å². The molecule has 2 aromatic heterocycles. The van der Waals surface area contributed by atoms with E-state index in [1.165, 1.54) is 0 Å². The first-order chi connectivity index (χ1) is 10.1. The van der Waals surface area contributed by atoms with Crippen molar-refractivity contribution < 1.29 is 0 Å². The monoisotopic (exact) mass is 287 g/mol. The fourth-order valence-corrected chi connectivity index (χ4v) is 2.06. The number of aryl methyl sites for hydroxylation is 1. The second-order valence-corrected chi connectivity index (χ2v) is 5.58. The van der Waals surface area contributed by atoms with E-state index in [1.807, 2.05) is 23.1 Å². The van der Waals surface area contributed by atoms with Gasteiger partial charge in [0, 0.05) is 31.0 Å². The molecule has 0 saturated heterocycles. The predicted molar refractivity (Wildman–Crippen MR) is 86.4 cm³/mol. The van der Waals surface area contributed by atoms with Crippen LogP contribution in [0.4, 0.5) is 5.82 Å². The molecule has 0 amide bonds. The Morgan fingerprint density at radius 1 is 1.19 bits per heavy atom. The molecule has 0 aliphatic carbocycles. The first kappa shape index (κ1) is 15.5.